The van der Waals surface area contributed by atoms with Crippen LogP contribution in [-0.2, 0) is 20.7 Å². The molecular weight excluding hydrogens is 336 g/mol. The number of Topliss-reactive ketones (excluding diaryl/α,β-unsaturated/α-hetero) is 1. The van der Waals surface area contributed by atoms with Crippen LogP contribution in [0.5, 0.6) is 0 Å². The van der Waals surface area contributed by atoms with Crippen LogP contribution >= 0.6 is 0 Å². The van der Waals surface area contributed by atoms with Gasteiger partial charge in [-0.1, -0.05) is 18.2 Å². The monoisotopic (exact) mass is 356 g/mol. The Morgan fingerprint density at radius 2 is 2.08 bits per heavy atom. The van der Waals surface area contributed by atoms with Gasteiger partial charge in [-0.25, -0.2) is 4.98 Å². The van der Waals surface area contributed by atoms with E-state index >= 15 is 0 Å². The van der Waals surface area contributed by atoms with Crippen molar-refractivity contribution >= 4 is 23.3 Å². The van der Waals surface area contributed by atoms with Crippen LogP contribution in [0.15, 0.2) is 30.5 Å². The maximum absolute atomic E-state index is 12.4. The molecule has 0 radical (unpaired) electrons. The Morgan fingerprint density at radius 1 is 1.31 bits per heavy atom. The minimum Gasteiger partial charge on any atom is -0.469 e. The quantitative estimate of drug-likeness (QED) is 0.592. The van der Waals surface area contributed by atoms with E-state index in [1.165, 1.54) is 13.3 Å². The van der Waals surface area contributed by atoms with Crippen molar-refractivity contribution in [2.45, 2.75) is 25.3 Å². The van der Waals surface area contributed by atoms with Crippen LogP contribution in [0.3, 0.4) is 0 Å². The number of hydrogen-bond donors (Lipinski definition) is 2. The number of H-pyrrole nitrogens is 1. The van der Waals surface area contributed by atoms with Gasteiger partial charge in [0.1, 0.15) is 11.5 Å². The van der Waals surface area contributed by atoms with Gasteiger partial charge in [-0.2, -0.15) is 0 Å². The zero-order valence-corrected chi connectivity index (χ0v) is 14.4. The molecule has 0 bridgehead atoms. The summed E-state index contributed by atoms with van der Waals surface area (Å²) in [5.74, 6) is -0.371. The van der Waals surface area contributed by atoms with E-state index < -0.39 is 5.97 Å². The number of amides is 1. The number of nitrogens with one attached hydrogen (secondary N) is 1. The van der Waals surface area contributed by atoms with Gasteiger partial charge < -0.3 is 20.4 Å². The molecule has 1 atom stereocenters. The Morgan fingerprint density at radius 3 is 2.81 bits per heavy atom. The van der Waals surface area contributed by atoms with E-state index in [9.17, 15) is 14.4 Å². The van der Waals surface area contributed by atoms with Gasteiger partial charge in [-0.15, -0.1) is 0 Å². The third-order valence-electron chi connectivity index (χ3n) is 4.41. The Labute approximate surface area is 150 Å². The van der Waals surface area contributed by atoms with Crippen LogP contribution in [0, 0.1) is 0 Å². The lowest BCUT2D eigenvalue weighted by molar-refractivity contribution is -0.140. The standard InChI is InChI=1S/C18H20N4O4/c1-26-17(25)7-6-15(23)12-10-20-18(21-12)14-8-11-4-2-3-5-13(11)22(14)16(24)9-19/h2-5,10,14H,6-9,19H2,1H3,(H,20,21). The molecule has 0 spiro atoms. The number of ether oxygens (including phenoxy) is 1. The predicted molar refractivity (Wildman–Crippen MR) is 93.6 cm³/mol. The number of para-hydroxylation sites is 1. The highest BCUT2D eigenvalue weighted by atomic mass is 16.5. The molecule has 1 aromatic heterocycles. The van der Waals surface area contributed by atoms with E-state index in [1.807, 2.05) is 24.3 Å². The zero-order valence-electron chi connectivity index (χ0n) is 14.4. The third-order valence-corrected chi connectivity index (χ3v) is 4.41. The topological polar surface area (TPSA) is 118 Å². The number of nitrogens with two attached hydrogens (primary N) is 1. The smallest absolute Gasteiger partial charge is 0.305 e. The molecule has 136 valence electrons. The summed E-state index contributed by atoms with van der Waals surface area (Å²) >= 11 is 0. The fraction of sp³-hybridized carbons (Fsp3) is 0.333. The molecule has 8 nitrogen and oxygen atoms in total. The van der Waals surface area contributed by atoms with Crippen LogP contribution in [-0.4, -0.2) is 41.3 Å². The van der Waals surface area contributed by atoms with Crippen molar-refractivity contribution in [3.63, 3.8) is 0 Å². The van der Waals surface area contributed by atoms with Gasteiger partial charge >= 0.3 is 5.97 Å². The molecule has 2 heterocycles. The number of fused-ring (bicyclic) bond motifs is 1. The van der Waals surface area contributed by atoms with Gasteiger partial charge in [0.05, 0.1) is 32.3 Å². The van der Waals surface area contributed by atoms with Gasteiger partial charge in [-0.05, 0) is 11.6 Å². The summed E-state index contributed by atoms with van der Waals surface area (Å²) in [6.45, 7) is -0.115. The average Bonchev–Trinajstić information content (AvgIpc) is 3.29. The normalized spacial score (nSPS) is 15.6. The molecule has 1 aliphatic rings. The minimum atomic E-state index is -0.441. The van der Waals surface area contributed by atoms with E-state index in [0.29, 0.717) is 17.9 Å². The summed E-state index contributed by atoms with van der Waals surface area (Å²) in [5.41, 5.74) is 7.70. The second kappa shape index (κ2) is 7.49. The number of carbonyl (C=O) groups is 3. The molecule has 3 rings (SSSR count). The average molecular weight is 356 g/mol. The highest BCUT2D eigenvalue weighted by Gasteiger charge is 2.35. The third kappa shape index (κ3) is 3.36. The van der Waals surface area contributed by atoms with Gasteiger partial charge in [0.2, 0.25) is 5.91 Å². The summed E-state index contributed by atoms with van der Waals surface area (Å²) in [6, 6.07) is 7.26. The number of rotatable bonds is 6. The molecule has 0 fully saturated rings. The molecule has 1 aromatic carbocycles. The predicted octanol–water partition coefficient (Wildman–Crippen LogP) is 1.13. The number of ketones is 1. The minimum absolute atomic E-state index is 0.0103. The number of carbonyl (C=O) groups excluding carboxylic acids is 3. The first kappa shape index (κ1) is 17.8. The Balaban J connectivity index is 1.81. The molecule has 26 heavy (non-hydrogen) atoms. The summed E-state index contributed by atoms with van der Waals surface area (Å²) < 4.78 is 4.54. The second-order valence-corrected chi connectivity index (χ2v) is 6.00. The lowest BCUT2D eigenvalue weighted by Gasteiger charge is -2.23. The second-order valence-electron chi connectivity index (χ2n) is 6.00. The summed E-state index contributed by atoms with van der Waals surface area (Å²) in [4.78, 5) is 44.6. The van der Waals surface area contributed by atoms with Crippen molar-refractivity contribution in [1.29, 1.82) is 0 Å². The first-order chi connectivity index (χ1) is 12.5. The van der Waals surface area contributed by atoms with Crippen LogP contribution < -0.4 is 10.6 Å². The number of aromatic amines is 1. The first-order valence-corrected chi connectivity index (χ1v) is 8.30. The summed E-state index contributed by atoms with van der Waals surface area (Å²) in [7, 11) is 1.28. The molecule has 8 heteroatoms. The largest absolute Gasteiger partial charge is 0.469 e. The van der Waals surface area contributed by atoms with Crippen LogP contribution in [0.2, 0.25) is 0 Å². The number of aromatic nitrogens is 2. The Hall–Kier alpha value is -3.00. The molecular formula is C18H20N4O4. The van der Waals surface area contributed by atoms with E-state index in [-0.39, 0.29) is 37.1 Å². The summed E-state index contributed by atoms with van der Waals surface area (Å²) in [6.07, 6.45) is 2.06. The molecule has 1 aliphatic heterocycles. The molecule has 1 amide bonds. The number of methoxy groups -OCH3 is 1. The van der Waals surface area contributed by atoms with Crippen molar-refractivity contribution in [3.05, 3.63) is 47.5 Å². The van der Waals surface area contributed by atoms with Crippen LogP contribution in [0.4, 0.5) is 5.69 Å². The van der Waals surface area contributed by atoms with E-state index in [1.54, 1.807) is 4.90 Å². The van der Waals surface area contributed by atoms with E-state index in [2.05, 4.69) is 14.7 Å². The first-order valence-electron chi connectivity index (χ1n) is 8.30. The van der Waals surface area contributed by atoms with Gasteiger partial charge in [-0.3, -0.25) is 14.4 Å². The van der Waals surface area contributed by atoms with Gasteiger partial charge in [0.25, 0.3) is 0 Å². The maximum atomic E-state index is 12.4. The number of esters is 1. The SMILES string of the molecule is COC(=O)CCC(=O)c1cnc(C2Cc3ccccc3N2C(=O)CN)[nH]1. The Bertz CT molecular complexity index is 845. The van der Waals surface area contributed by atoms with Crippen LogP contribution in [0.1, 0.15) is 40.8 Å². The lowest BCUT2D eigenvalue weighted by atomic mass is 10.1. The fourth-order valence-electron chi connectivity index (χ4n) is 3.11. The number of imidazole rings is 1. The molecule has 2 aromatic rings. The van der Waals surface area contributed by atoms with E-state index in [0.717, 1.165) is 11.3 Å². The zero-order chi connectivity index (χ0) is 18.7. The van der Waals surface area contributed by atoms with Gasteiger partial charge in [0.15, 0.2) is 5.78 Å². The maximum Gasteiger partial charge on any atom is 0.305 e. The number of anilines is 1. The molecule has 0 saturated carbocycles. The van der Waals surface area contributed by atoms with Crippen molar-refractivity contribution < 1.29 is 19.1 Å². The Kier molecular flexibility index (Phi) is 5.13. The number of nitrogens with zero attached hydrogens (tertiary/aromatic N) is 2. The molecule has 1 unspecified atom stereocenters. The number of benzene rings is 1. The molecule has 3 N–H and O–H groups in total. The summed E-state index contributed by atoms with van der Waals surface area (Å²) in [5, 5.41) is 0. The number of hydrogen-bond acceptors (Lipinski definition) is 6. The van der Waals surface area contributed by atoms with Crippen LogP contribution in [0.25, 0.3) is 0 Å². The van der Waals surface area contributed by atoms with Crippen molar-refractivity contribution in [2.75, 3.05) is 18.6 Å². The van der Waals surface area contributed by atoms with Crippen molar-refractivity contribution in [3.8, 4) is 0 Å². The lowest BCUT2D eigenvalue weighted by Crippen LogP contribution is -2.37. The van der Waals surface area contributed by atoms with Crippen molar-refractivity contribution in [1.82, 2.24) is 9.97 Å². The fourth-order valence-corrected chi connectivity index (χ4v) is 3.11. The van der Waals surface area contributed by atoms with Gasteiger partial charge in [0, 0.05) is 18.5 Å². The molecule has 0 saturated heterocycles. The molecule has 0 aliphatic carbocycles. The highest BCUT2D eigenvalue weighted by Crippen LogP contribution is 2.39. The van der Waals surface area contributed by atoms with E-state index in [4.69, 9.17) is 5.73 Å². The van der Waals surface area contributed by atoms with Crippen molar-refractivity contribution in [2.24, 2.45) is 5.73 Å². The highest BCUT2D eigenvalue weighted by molar-refractivity contribution is 5.98.